The van der Waals surface area contributed by atoms with Crippen LogP contribution in [0.5, 0.6) is 0 Å². The number of hydrogen-bond donors (Lipinski definition) is 3. The first-order valence-corrected chi connectivity index (χ1v) is 15.8. The molecule has 0 radical (unpaired) electrons. The van der Waals surface area contributed by atoms with Gasteiger partial charge in [0.15, 0.2) is 52.1 Å². The number of ether oxygens (including phenoxy) is 1. The molecule has 0 aliphatic heterocycles. The van der Waals surface area contributed by atoms with E-state index < -0.39 is 18.4 Å². The third kappa shape index (κ3) is 6.99. The molecule has 262 valence electrons. The molecule has 5 rings (SSSR count). The maximum atomic E-state index is 12.2. The molecular formula is C30H38N16O4. The Hall–Kier alpha value is -6.18. The molecule has 0 amide bonds. The highest BCUT2D eigenvalue weighted by molar-refractivity contribution is 6.00. The van der Waals surface area contributed by atoms with Crippen molar-refractivity contribution in [2.45, 2.75) is 52.4 Å². The molecule has 0 spiro atoms. The number of aliphatic hydroxyl groups excluding tert-OH is 1. The monoisotopic (exact) mass is 686 g/mol. The highest BCUT2D eigenvalue weighted by atomic mass is 16.5. The molecule has 5 heterocycles. The van der Waals surface area contributed by atoms with Crippen molar-refractivity contribution in [2.75, 3.05) is 25.2 Å². The van der Waals surface area contributed by atoms with Gasteiger partial charge in [-0.25, -0.2) is 24.1 Å². The molecule has 0 saturated carbocycles. The van der Waals surface area contributed by atoms with Gasteiger partial charge in [-0.2, -0.15) is 29.8 Å². The summed E-state index contributed by atoms with van der Waals surface area (Å²) < 4.78 is 10.4. The standard InChI is InChI=1S/C30H38N16O4/c1-6-8-10-19-24(37-39-28-17(21(48)16-47)12-35-43(28)3)26(31)45(41-19)22-14-34-23(15-33-22)46-27(32)25(20(42-46)11-9-7-2)38-40-29-18(30(49)50-5)13-36-44(29)4/h12-15,47H,6-11,16,31-32H2,1-5H3. The molecule has 0 bridgehead atoms. The number of nitrogens with two attached hydrogens (primary N) is 2. The first kappa shape index (κ1) is 35.1. The average molecular weight is 687 g/mol. The summed E-state index contributed by atoms with van der Waals surface area (Å²) in [7, 11) is 4.51. The second-order valence-corrected chi connectivity index (χ2v) is 11.1. The van der Waals surface area contributed by atoms with Gasteiger partial charge in [0.2, 0.25) is 0 Å². The third-order valence-corrected chi connectivity index (χ3v) is 7.68. The highest BCUT2D eigenvalue weighted by Crippen LogP contribution is 2.34. The van der Waals surface area contributed by atoms with Crippen LogP contribution in [0, 0.1) is 0 Å². The summed E-state index contributed by atoms with van der Waals surface area (Å²) in [5.74, 6) is 0.150. The van der Waals surface area contributed by atoms with Crippen LogP contribution in [0.3, 0.4) is 0 Å². The largest absolute Gasteiger partial charge is 0.465 e. The van der Waals surface area contributed by atoms with Crippen molar-refractivity contribution in [3.8, 4) is 11.6 Å². The third-order valence-electron chi connectivity index (χ3n) is 7.68. The van der Waals surface area contributed by atoms with Crippen molar-refractivity contribution in [1.29, 1.82) is 0 Å². The molecule has 0 aliphatic rings. The predicted molar refractivity (Wildman–Crippen MR) is 180 cm³/mol. The van der Waals surface area contributed by atoms with Crippen molar-refractivity contribution >= 4 is 46.4 Å². The van der Waals surface area contributed by atoms with Gasteiger partial charge in [0.05, 0.1) is 48.8 Å². The van der Waals surface area contributed by atoms with Gasteiger partial charge in [-0.3, -0.25) is 4.79 Å². The average Bonchev–Trinajstić information content (AvgIpc) is 3.86. The lowest BCUT2D eigenvalue weighted by molar-refractivity contribution is 0.0601. The van der Waals surface area contributed by atoms with Gasteiger partial charge in [0.25, 0.3) is 0 Å². The molecular weight excluding hydrogens is 648 g/mol. The number of aromatic nitrogens is 10. The van der Waals surface area contributed by atoms with Crippen LogP contribution >= 0.6 is 0 Å². The van der Waals surface area contributed by atoms with E-state index in [0.717, 1.165) is 25.7 Å². The Morgan fingerprint density at radius 3 is 1.64 bits per heavy atom. The Balaban J connectivity index is 1.49. The van der Waals surface area contributed by atoms with Crippen molar-refractivity contribution in [3.05, 3.63) is 47.3 Å². The number of carbonyl (C=O) groups excluding carboxylic acids is 2. The number of esters is 1. The van der Waals surface area contributed by atoms with E-state index in [2.05, 4.69) is 57.7 Å². The Morgan fingerprint density at radius 1 is 0.760 bits per heavy atom. The number of ketones is 1. The van der Waals surface area contributed by atoms with Crippen molar-refractivity contribution < 1.29 is 19.4 Å². The van der Waals surface area contributed by atoms with Gasteiger partial charge in [0, 0.05) is 14.1 Å². The van der Waals surface area contributed by atoms with Crippen LogP contribution in [0.2, 0.25) is 0 Å². The molecule has 20 nitrogen and oxygen atoms in total. The number of rotatable bonds is 15. The fraction of sp³-hybridized carbons (Fsp3) is 0.400. The van der Waals surface area contributed by atoms with Crippen LogP contribution in [-0.2, 0) is 31.7 Å². The normalized spacial score (nSPS) is 11.7. The zero-order chi connectivity index (χ0) is 35.9. The number of aliphatic hydroxyl groups is 1. The smallest absolute Gasteiger partial charge is 0.343 e. The van der Waals surface area contributed by atoms with E-state index in [0.29, 0.717) is 47.2 Å². The lowest BCUT2D eigenvalue weighted by Crippen LogP contribution is -2.09. The first-order valence-electron chi connectivity index (χ1n) is 15.8. The molecule has 0 fully saturated rings. The van der Waals surface area contributed by atoms with Crippen LogP contribution in [0.15, 0.2) is 45.2 Å². The molecule has 0 aliphatic carbocycles. The molecule has 0 atom stereocenters. The zero-order valence-electron chi connectivity index (χ0n) is 28.3. The Kier molecular flexibility index (Phi) is 10.8. The summed E-state index contributed by atoms with van der Waals surface area (Å²) in [6.07, 6.45) is 10.2. The predicted octanol–water partition coefficient (Wildman–Crippen LogP) is 3.96. The SMILES string of the molecule is CCCCc1nn(-c2cnc(-n3nc(CCCC)c(N=Nc4c(C(=O)OC)cnn4C)c3N)cn2)c(N)c1N=Nc1c(C(=O)CO)cnn1C. The first-order chi connectivity index (χ1) is 24.1. The number of Topliss-reactive ketones (excluding diaryl/α,β-unsaturated/α-hetero) is 1. The van der Waals surface area contributed by atoms with Crippen LogP contribution in [0.25, 0.3) is 11.6 Å². The second-order valence-electron chi connectivity index (χ2n) is 11.1. The van der Waals surface area contributed by atoms with Gasteiger partial charge in [0.1, 0.15) is 12.2 Å². The summed E-state index contributed by atoms with van der Waals surface area (Å²) in [5, 5.41) is 44.0. The Morgan fingerprint density at radius 2 is 1.22 bits per heavy atom. The molecule has 0 saturated heterocycles. The van der Waals surface area contributed by atoms with Gasteiger partial charge < -0.3 is 21.3 Å². The number of aryl methyl sites for hydroxylation is 4. The number of azo groups is 2. The van der Waals surface area contributed by atoms with Crippen molar-refractivity contribution in [2.24, 2.45) is 34.6 Å². The topological polar surface area (TPSA) is 262 Å². The van der Waals surface area contributed by atoms with Gasteiger partial charge in [-0.1, -0.05) is 26.7 Å². The fourth-order valence-electron chi connectivity index (χ4n) is 4.90. The Labute approximate surface area is 285 Å². The van der Waals surface area contributed by atoms with Crippen molar-refractivity contribution in [1.82, 2.24) is 49.1 Å². The van der Waals surface area contributed by atoms with E-state index in [-0.39, 0.29) is 34.4 Å². The molecule has 20 heteroatoms. The maximum Gasteiger partial charge on any atom is 0.343 e. The molecule has 5 N–H and O–H groups in total. The number of anilines is 2. The number of hydrogen-bond acceptors (Lipinski definition) is 16. The van der Waals surface area contributed by atoms with E-state index in [1.165, 1.54) is 50.6 Å². The second kappa shape index (κ2) is 15.4. The lowest BCUT2D eigenvalue weighted by atomic mass is 10.2. The molecule has 0 unspecified atom stereocenters. The van der Waals surface area contributed by atoms with E-state index in [1.54, 1.807) is 14.1 Å². The number of unbranched alkanes of at least 4 members (excludes halogenated alkanes) is 2. The van der Waals surface area contributed by atoms with Gasteiger partial charge in [-0.15, -0.1) is 20.5 Å². The minimum Gasteiger partial charge on any atom is -0.465 e. The minimum absolute atomic E-state index is 0.129. The number of nitrogens with zero attached hydrogens (tertiary/aromatic N) is 14. The summed E-state index contributed by atoms with van der Waals surface area (Å²) in [6, 6.07) is 0. The van der Waals surface area contributed by atoms with Gasteiger partial charge in [-0.05, 0) is 25.7 Å². The maximum absolute atomic E-state index is 12.2. The van der Waals surface area contributed by atoms with Crippen LogP contribution in [-0.4, -0.2) is 79.7 Å². The van der Waals surface area contributed by atoms with Crippen LogP contribution < -0.4 is 11.5 Å². The zero-order valence-corrected chi connectivity index (χ0v) is 28.3. The van der Waals surface area contributed by atoms with Crippen LogP contribution in [0.1, 0.15) is 71.6 Å². The molecule has 0 aromatic carbocycles. The number of nitrogen functional groups attached to an aromatic ring is 2. The van der Waals surface area contributed by atoms with Crippen molar-refractivity contribution in [3.63, 3.8) is 0 Å². The van der Waals surface area contributed by atoms with E-state index in [4.69, 9.17) is 16.2 Å². The van der Waals surface area contributed by atoms with E-state index in [1.807, 2.05) is 6.92 Å². The summed E-state index contributed by atoms with van der Waals surface area (Å²) in [4.78, 5) is 33.5. The Bertz CT molecular complexity index is 1910. The van der Waals surface area contributed by atoms with E-state index >= 15 is 0 Å². The summed E-state index contributed by atoms with van der Waals surface area (Å²) in [5.41, 5.74) is 15.1. The van der Waals surface area contributed by atoms with Crippen LogP contribution in [0.4, 0.5) is 34.6 Å². The fourth-order valence-corrected chi connectivity index (χ4v) is 4.90. The highest BCUT2D eigenvalue weighted by Gasteiger charge is 2.22. The summed E-state index contributed by atoms with van der Waals surface area (Å²) in [6.45, 7) is 3.41. The minimum atomic E-state index is -0.691. The molecule has 5 aromatic heterocycles. The number of methoxy groups -OCH3 is 1. The lowest BCUT2D eigenvalue weighted by Gasteiger charge is -2.05. The molecule has 50 heavy (non-hydrogen) atoms. The summed E-state index contributed by atoms with van der Waals surface area (Å²) >= 11 is 0. The number of carbonyl (C=O) groups is 2. The van der Waals surface area contributed by atoms with E-state index in [9.17, 15) is 14.7 Å². The quantitative estimate of drug-likeness (QED) is 0.0803. The molecule has 5 aromatic rings. The van der Waals surface area contributed by atoms with Gasteiger partial charge >= 0.3 is 5.97 Å².